The van der Waals surface area contributed by atoms with E-state index in [0.717, 1.165) is 13.1 Å². The molecule has 41 heavy (non-hydrogen) atoms. The van der Waals surface area contributed by atoms with Crippen LogP contribution in [-0.4, -0.2) is 19.1 Å². The maximum Gasteiger partial charge on any atom is 0.136 e. The van der Waals surface area contributed by atoms with Gasteiger partial charge in [0.1, 0.15) is 11.7 Å². The van der Waals surface area contributed by atoms with Gasteiger partial charge in [-0.05, 0) is 79.1 Å². The summed E-state index contributed by atoms with van der Waals surface area (Å²) in [5.74, 6) is 0. The van der Waals surface area contributed by atoms with Crippen molar-refractivity contribution in [2.75, 3.05) is 18.0 Å². The van der Waals surface area contributed by atoms with Crippen LogP contribution < -0.4 is 9.80 Å². The van der Waals surface area contributed by atoms with E-state index < -0.39 is 0 Å². The number of fused-ring (bicyclic) bond motifs is 6. The second-order valence-corrected chi connectivity index (χ2v) is 12.5. The van der Waals surface area contributed by atoms with Crippen molar-refractivity contribution in [1.82, 2.24) is 0 Å². The Morgan fingerprint density at radius 2 is 1.32 bits per heavy atom. The van der Waals surface area contributed by atoms with Gasteiger partial charge >= 0.3 is 0 Å². The van der Waals surface area contributed by atoms with E-state index in [9.17, 15) is 0 Å². The topological polar surface area (TPSA) is 7.68 Å². The molecule has 0 aliphatic carbocycles. The van der Waals surface area contributed by atoms with Gasteiger partial charge < -0.3 is 4.90 Å². The zero-order valence-electron chi connectivity index (χ0n) is 25.4. The largest absolute Gasteiger partial charge is 0.344 e. The van der Waals surface area contributed by atoms with E-state index >= 15 is 0 Å². The Kier molecular flexibility index (Phi) is 6.99. The summed E-state index contributed by atoms with van der Waals surface area (Å²) in [7, 11) is 0. The number of allylic oxidation sites excluding steroid dienone is 7. The molecule has 0 saturated heterocycles. The van der Waals surface area contributed by atoms with Crippen LogP contribution in [-0.2, 0) is 10.8 Å². The first-order valence-electron chi connectivity index (χ1n) is 15.2. The summed E-state index contributed by atoms with van der Waals surface area (Å²) in [4.78, 5) is 4.03. The molecule has 2 atom stereocenters. The Morgan fingerprint density at radius 1 is 0.707 bits per heavy atom. The van der Waals surface area contributed by atoms with E-state index in [0.29, 0.717) is 6.04 Å². The van der Waals surface area contributed by atoms with E-state index in [2.05, 4.69) is 162 Å². The predicted octanol–water partition coefficient (Wildman–Crippen LogP) is 8.56. The standard InChI is InChI=1S/C39H42N2/c1-7-40-32-26-24-28-18-14-16-20-30(28)36(32)38(3,4)34(40)22-12-10-9-11-13-23-35-39(5,6)37-31-21-17-15-19-29(31)25-27-33(37)41(35)8-2/h9-27,34H,7-8H2,1-6H3/p+1/b10-9+,13-11+,22-12+,35-23+. The molecule has 2 heteroatoms. The van der Waals surface area contributed by atoms with Gasteiger partial charge in [-0.2, -0.15) is 0 Å². The number of hydrogen-bond donors (Lipinski definition) is 1. The molecule has 0 radical (unpaired) electrons. The second-order valence-electron chi connectivity index (χ2n) is 12.5. The van der Waals surface area contributed by atoms with Crippen LogP contribution in [0.2, 0.25) is 0 Å². The van der Waals surface area contributed by atoms with Crippen molar-refractivity contribution in [3.05, 3.63) is 132 Å². The molecule has 0 amide bonds. The molecule has 0 aromatic heterocycles. The normalized spacial score (nSPS) is 22.2. The van der Waals surface area contributed by atoms with Crippen molar-refractivity contribution in [2.45, 2.75) is 58.4 Å². The van der Waals surface area contributed by atoms with Crippen LogP contribution in [0.5, 0.6) is 0 Å². The number of benzene rings is 4. The van der Waals surface area contributed by atoms with Gasteiger partial charge in [0.05, 0.1) is 12.0 Å². The molecule has 0 fully saturated rings. The van der Waals surface area contributed by atoms with Gasteiger partial charge in [-0.15, -0.1) is 0 Å². The first kappa shape index (κ1) is 27.3. The van der Waals surface area contributed by atoms with Gasteiger partial charge in [0.15, 0.2) is 0 Å². The molecule has 0 saturated carbocycles. The highest BCUT2D eigenvalue weighted by atomic mass is 15.2. The van der Waals surface area contributed by atoms with Crippen LogP contribution in [0.15, 0.2) is 121 Å². The number of hydrogen-bond acceptors (Lipinski definition) is 1. The highest BCUT2D eigenvalue weighted by molar-refractivity contribution is 5.95. The molecule has 0 spiro atoms. The Balaban J connectivity index is 1.22. The average Bonchev–Trinajstić information content (AvgIpc) is 3.34. The fraction of sp³-hybridized carbons (Fsp3) is 0.282. The lowest BCUT2D eigenvalue weighted by Crippen LogP contribution is -3.10. The maximum atomic E-state index is 2.47. The smallest absolute Gasteiger partial charge is 0.136 e. The fourth-order valence-corrected chi connectivity index (χ4v) is 7.65. The molecule has 2 heterocycles. The minimum absolute atomic E-state index is 0.0558. The van der Waals surface area contributed by atoms with E-state index in [1.54, 1.807) is 4.90 Å². The van der Waals surface area contributed by atoms with E-state index in [1.807, 2.05) is 0 Å². The number of likely N-dealkylation sites (N-methyl/N-ethyl adjacent to an activating group) is 2. The second kappa shape index (κ2) is 10.5. The van der Waals surface area contributed by atoms with Crippen LogP contribution in [0, 0.1) is 0 Å². The molecule has 2 nitrogen and oxygen atoms in total. The van der Waals surface area contributed by atoms with E-state index in [4.69, 9.17) is 0 Å². The molecule has 4 aromatic carbocycles. The third-order valence-corrected chi connectivity index (χ3v) is 9.53. The fourth-order valence-electron chi connectivity index (χ4n) is 7.65. The molecule has 4 aromatic rings. The zero-order valence-corrected chi connectivity index (χ0v) is 25.4. The highest BCUT2D eigenvalue weighted by Crippen LogP contribution is 2.50. The van der Waals surface area contributed by atoms with Crippen molar-refractivity contribution in [2.24, 2.45) is 0 Å². The Morgan fingerprint density at radius 3 is 2.00 bits per heavy atom. The molecule has 2 unspecified atom stereocenters. The van der Waals surface area contributed by atoms with Gasteiger partial charge in [0.2, 0.25) is 0 Å². The third-order valence-electron chi connectivity index (χ3n) is 9.53. The summed E-state index contributed by atoms with van der Waals surface area (Å²) in [5.41, 5.74) is 7.09. The van der Waals surface area contributed by atoms with Gasteiger partial charge in [-0.25, -0.2) is 0 Å². The molecule has 1 N–H and O–H groups in total. The molecule has 2 aliphatic rings. The SMILES string of the molecule is CCN1/C(=C/C=C/C=C/C=C/C2[NH+](CC)c3ccc4ccccc4c3C2(C)C)C(C)(C)c2c1ccc1ccccc21. The number of anilines is 1. The van der Waals surface area contributed by atoms with Crippen molar-refractivity contribution in [1.29, 1.82) is 0 Å². The maximum absolute atomic E-state index is 2.47. The van der Waals surface area contributed by atoms with Crippen LogP contribution in [0.3, 0.4) is 0 Å². The number of quaternary nitrogens is 1. The Hall–Kier alpha value is -3.88. The number of nitrogens with zero attached hydrogens (tertiary/aromatic N) is 1. The minimum Gasteiger partial charge on any atom is -0.344 e. The average molecular weight is 540 g/mol. The zero-order chi connectivity index (χ0) is 28.8. The lowest BCUT2D eigenvalue weighted by Gasteiger charge is -2.27. The first-order chi connectivity index (χ1) is 19.8. The van der Waals surface area contributed by atoms with Gasteiger partial charge in [-0.3, -0.25) is 4.90 Å². The Bertz CT molecular complexity index is 1730. The number of rotatable bonds is 6. The summed E-state index contributed by atoms with van der Waals surface area (Å²) >= 11 is 0. The van der Waals surface area contributed by atoms with Crippen LogP contribution in [0.25, 0.3) is 21.5 Å². The van der Waals surface area contributed by atoms with Gasteiger partial charge in [0, 0.05) is 35.0 Å². The molecular formula is C39H43N2+. The van der Waals surface area contributed by atoms with Crippen LogP contribution >= 0.6 is 0 Å². The quantitative estimate of drug-likeness (QED) is 0.241. The molecule has 208 valence electrons. The van der Waals surface area contributed by atoms with Crippen LogP contribution in [0.4, 0.5) is 11.4 Å². The summed E-state index contributed by atoms with van der Waals surface area (Å²) < 4.78 is 0. The van der Waals surface area contributed by atoms with Crippen LogP contribution in [0.1, 0.15) is 52.7 Å². The lowest BCUT2D eigenvalue weighted by molar-refractivity contribution is -0.848. The van der Waals surface area contributed by atoms with E-state index in [-0.39, 0.29) is 10.8 Å². The number of nitrogens with one attached hydrogen (secondary N) is 1. The van der Waals surface area contributed by atoms with E-state index in [1.165, 1.54) is 49.7 Å². The summed E-state index contributed by atoms with van der Waals surface area (Å²) in [6.45, 7) is 16.1. The van der Waals surface area contributed by atoms with Crippen molar-refractivity contribution < 1.29 is 4.90 Å². The molecular weight excluding hydrogens is 496 g/mol. The third kappa shape index (κ3) is 4.37. The minimum atomic E-state index is -0.0558. The lowest BCUT2D eigenvalue weighted by atomic mass is 9.78. The summed E-state index contributed by atoms with van der Waals surface area (Å²) in [6.07, 6.45) is 15.7. The van der Waals surface area contributed by atoms with Gasteiger partial charge in [0.25, 0.3) is 0 Å². The molecule has 6 rings (SSSR count). The molecule has 2 aliphatic heterocycles. The van der Waals surface area contributed by atoms with Crippen molar-refractivity contribution >= 4 is 32.9 Å². The van der Waals surface area contributed by atoms with Gasteiger partial charge in [-0.1, -0.05) is 98.8 Å². The summed E-state index contributed by atoms with van der Waals surface area (Å²) in [6, 6.07) is 27.2. The monoisotopic (exact) mass is 539 g/mol. The van der Waals surface area contributed by atoms with Crippen molar-refractivity contribution in [3.63, 3.8) is 0 Å². The Labute approximate surface area is 246 Å². The molecule has 0 bridgehead atoms. The van der Waals surface area contributed by atoms with Crippen molar-refractivity contribution in [3.8, 4) is 0 Å². The summed E-state index contributed by atoms with van der Waals surface area (Å²) in [5, 5.41) is 5.41. The first-order valence-corrected chi connectivity index (χ1v) is 15.2. The predicted molar refractivity (Wildman–Crippen MR) is 177 cm³/mol. The highest BCUT2D eigenvalue weighted by Gasteiger charge is 2.48.